The van der Waals surface area contributed by atoms with Crippen molar-refractivity contribution in [2.45, 2.75) is 26.3 Å². The number of rotatable bonds is 6. The molecule has 0 radical (unpaired) electrons. The van der Waals surface area contributed by atoms with Gasteiger partial charge in [-0.25, -0.2) is 0 Å². The first kappa shape index (κ1) is 12.7. The van der Waals surface area contributed by atoms with Gasteiger partial charge in [-0.2, -0.15) is 15.0 Å². The Morgan fingerprint density at radius 3 is 2.88 bits per heavy atom. The molecule has 1 atom stereocenters. The molecule has 0 aromatic carbocycles. The Labute approximate surface area is 99.9 Å². The van der Waals surface area contributed by atoms with Crippen LogP contribution in [0.5, 0.6) is 6.01 Å². The van der Waals surface area contributed by atoms with Gasteiger partial charge in [0.15, 0.2) is 0 Å². The summed E-state index contributed by atoms with van der Waals surface area (Å²) in [7, 11) is 0. The molecule has 0 bridgehead atoms. The molecule has 1 aromatic heterocycles. The topological polar surface area (TPSA) is 59.9 Å². The van der Waals surface area contributed by atoms with Gasteiger partial charge in [0.2, 0.25) is 11.2 Å². The van der Waals surface area contributed by atoms with Crippen LogP contribution in [0.15, 0.2) is 12.7 Å². The van der Waals surface area contributed by atoms with Crippen LogP contribution < -0.4 is 10.1 Å². The average molecular weight is 243 g/mol. The highest BCUT2D eigenvalue weighted by Gasteiger charge is 2.07. The van der Waals surface area contributed by atoms with Crippen LogP contribution in [0.25, 0.3) is 0 Å². The number of hydrogen-bond acceptors (Lipinski definition) is 5. The van der Waals surface area contributed by atoms with E-state index >= 15 is 0 Å². The summed E-state index contributed by atoms with van der Waals surface area (Å²) in [6, 6.07) is 0.418. The molecule has 0 aliphatic carbocycles. The summed E-state index contributed by atoms with van der Waals surface area (Å²) in [4.78, 5) is 11.9. The minimum absolute atomic E-state index is 0.117. The van der Waals surface area contributed by atoms with E-state index in [0.29, 0.717) is 12.6 Å². The normalized spacial score (nSPS) is 11.9. The standard InChI is InChI=1S/C10H15ClN4O/c1-4-6-7(3)12-9-13-8(11)14-10(15-9)16-5-2/h4,7H,1,5-6H2,2-3H3,(H,12,13,14,15). The maximum atomic E-state index is 5.74. The molecule has 1 rings (SSSR count). The Kier molecular flexibility index (Phi) is 4.98. The van der Waals surface area contributed by atoms with Crippen LogP contribution in [0.2, 0.25) is 5.28 Å². The van der Waals surface area contributed by atoms with Crippen LogP contribution in [-0.2, 0) is 0 Å². The molecule has 5 nitrogen and oxygen atoms in total. The van der Waals surface area contributed by atoms with E-state index in [1.54, 1.807) is 0 Å². The lowest BCUT2D eigenvalue weighted by Gasteiger charge is -2.11. The fourth-order valence-electron chi connectivity index (χ4n) is 1.12. The van der Waals surface area contributed by atoms with Crippen molar-refractivity contribution in [2.75, 3.05) is 11.9 Å². The number of anilines is 1. The molecular weight excluding hydrogens is 228 g/mol. The first-order valence-corrected chi connectivity index (χ1v) is 5.45. The van der Waals surface area contributed by atoms with Gasteiger partial charge in [-0.05, 0) is 31.9 Å². The zero-order chi connectivity index (χ0) is 12.0. The molecule has 1 unspecified atom stereocenters. The summed E-state index contributed by atoms with van der Waals surface area (Å²) in [5.74, 6) is 0.415. The largest absolute Gasteiger partial charge is 0.464 e. The van der Waals surface area contributed by atoms with E-state index in [-0.39, 0.29) is 17.3 Å². The highest BCUT2D eigenvalue weighted by atomic mass is 35.5. The molecule has 0 fully saturated rings. The maximum Gasteiger partial charge on any atom is 0.322 e. The molecule has 1 N–H and O–H groups in total. The van der Waals surface area contributed by atoms with Crippen LogP contribution in [0.3, 0.4) is 0 Å². The van der Waals surface area contributed by atoms with Gasteiger partial charge in [0, 0.05) is 6.04 Å². The molecule has 1 heterocycles. The minimum Gasteiger partial charge on any atom is -0.464 e. The summed E-state index contributed by atoms with van der Waals surface area (Å²) in [5, 5.41) is 3.20. The van der Waals surface area contributed by atoms with E-state index in [1.807, 2.05) is 19.9 Å². The van der Waals surface area contributed by atoms with Crippen LogP contribution in [0, 0.1) is 0 Å². The highest BCUT2D eigenvalue weighted by Crippen LogP contribution is 2.12. The van der Waals surface area contributed by atoms with Crippen molar-refractivity contribution in [1.82, 2.24) is 15.0 Å². The van der Waals surface area contributed by atoms with Crippen LogP contribution in [0.1, 0.15) is 20.3 Å². The Hall–Kier alpha value is -1.36. The molecule has 16 heavy (non-hydrogen) atoms. The molecular formula is C10H15ClN4O. The van der Waals surface area contributed by atoms with Gasteiger partial charge in [0.05, 0.1) is 6.61 Å². The summed E-state index contributed by atoms with van der Waals surface area (Å²) in [6.07, 6.45) is 2.64. The Morgan fingerprint density at radius 2 is 2.25 bits per heavy atom. The fourth-order valence-corrected chi connectivity index (χ4v) is 1.27. The number of nitrogens with zero attached hydrogens (tertiary/aromatic N) is 3. The Balaban J connectivity index is 2.75. The minimum atomic E-state index is 0.117. The van der Waals surface area contributed by atoms with Crippen LogP contribution in [0.4, 0.5) is 5.95 Å². The van der Waals surface area contributed by atoms with Gasteiger partial charge in [0.25, 0.3) is 0 Å². The van der Waals surface area contributed by atoms with Crippen LogP contribution >= 0.6 is 11.6 Å². The summed E-state index contributed by atoms with van der Waals surface area (Å²) in [6.45, 7) is 8.00. The second kappa shape index (κ2) is 6.27. The quantitative estimate of drug-likeness (QED) is 0.776. The predicted octanol–water partition coefficient (Wildman–Crippen LogP) is 2.30. The number of aromatic nitrogens is 3. The van der Waals surface area contributed by atoms with E-state index in [2.05, 4.69) is 26.8 Å². The summed E-state index contributed by atoms with van der Waals surface area (Å²) >= 11 is 5.74. The van der Waals surface area contributed by atoms with E-state index in [0.717, 1.165) is 6.42 Å². The predicted molar refractivity (Wildman–Crippen MR) is 63.9 cm³/mol. The van der Waals surface area contributed by atoms with Gasteiger partial charge in [-0.1, -0.05) is 6.08 Å². The Morgan fingerprint density at radius 1 is 1.50 bits per heavy atom. The number of ether oxygens (including phenoxy) is 1. The van der Waals surface area contributed by atoms with Gasteiger partial charge in [-0.3, -0.25) is 0 Å². The lowest BCUT2D eigenvalue weighted by Crippen LogP contribution is -2.16. The number of nitrogens with one attached hydrogen (secondary N) is 1. The third-order valence-electron chi connectivity index (χ3n) is 1.76. The molecule has 88 valence electrons. The van der Waals surface area contributed by atoms with Crippen molar-refractivity contribution in [3.8, 4) is 6.01 Å². The average Bonchev–Trinajstić information content (AvgIpc) is 2.17. The molecule has 0 saturated carbocycles. The summed E-state index contributed by atoms with van der Waals surface area (Å²) in [5.41, 5.74) is 0. The van der Waals surface area contributed by atoms with E-state index < -0.39 is 0 Å². The number of hydrogen-bond donors (Lipinski definition) is 1. The van der Waals surface area contributed by atoms with Crippen molar-refractivity contribution in [3.05, 3.63) is 17.9 Å². The second-order valence-corrected chi connectivity index (χ2v) is 3.55. The SMILES string of the molecule is C=CCC(C)Nc1nc(Cl)nc(OCC)n1. The molecule has 0 aliphatic heterocycles. The van der Waals surface area contributed by atoms with Crippen molar-refractivity contribution < 1.29 is 4.74 Å². The summed E-state index contributed by atoms with van der Waals surface area (Å²) < 4.78 is 5.16. The zero-order valence-electron chi connectivity index (χ0n) is 9.40. The smallest absolute Gasteiger partial charge is 0.322 e. The molecule has 0 aliphatic rings. The van der Waals surface area contributed by atoms with Crippen molar-refractivity contribution >= 4 is 17.5 Å². The number of halogens is 1. The Bertz CT molecular complexity index is 359. The van der Waals surface area contributed by atoms with Crippen LogP contribution in [-0.4, -0.2) is 27.6 Å². The van der Waals surface area contributed by atoms with Crippen molar-refractivity contribution in [3.63, 3.8) is 0 Å². The van der Waals surface area contributed by atoms with Gasteiger partial charge in [0.1, 0.15) is 0 Å². The molecule has 0 amide bonds. The van der Waals surface area contributed by atoms with Gasteiger partial charge < -0.3 is 10.1 Å². The highest BCUT2D eigenvalue weighted by molar-refractivity contribution is 6.28. The third-order valence-corrected chi connectivity index (χ3v) is 1.93. The van der Waals surface area contributed by atoms with E-state index in [1.165, 1.54) is 0 Å². The monoisotopic (exact) mass is 242 g/mol. The second-order valence-electron chi connectivity index (χ2n) is 3.21. The maximum absolute atomic E-state index is 5.74. The van der Waals surface area contributed by atoms with Gasteiger partial charge in [-0.15, -0.1) is 6.58 Å². The fraction of sp³-hybridized carbons (Fsp3) is 0.500. The first-order valence-electron chi connectivity index (χ1n) is 5.07. The van der Waals surface area contributed by atoms with Crippen molar-refractivity contribution in [2.24, 2.45) is 0 Å². The van der Waals surface area contributed by atoms with Gasteiger partial charge >= 0.3 is 6.01 Å². The van der Waals surface area contributed by atoms with E-state index in [4.69, 9.17) is 16.3 Å². The lowest BCUT2D eigenvalue weighted by molar-refractivity contribution is 0.312. The third kappa shape index (κ3) is 4.02. The van der Waals surface area contributed by atoms with Crippen molar-refractivity contribution in [1.29, 1.82) is 0 Å². The molecule has 0 spiro atoms. The lowest BCUT2D eigenvalue weighted by atomic mass is 10.2. The van der Waals surface area contributed by atoms with E-state index in [9.17, 15) is 0 Å². The zero-order valence-corrected chi connectivity index (χ0v) is 10.2. The molecule has 1 aromatic rings. The molecule has 6 heteroatoms. The first-order chi connectivity index (χ1) is 7.65. The molecule has 0 saturated heterocycles.